The van der Waals surface area contributed by atoms with Crippen LogP contribution in [0.1, 0.15) is 0 Å². The number of rotatable bonds is 2. The van der Waals surface area contributed by atoms with Gasteiger partial charge in [0.05, 0.1) is 11.2 Å². The molecule has 0 aliphatic rings. The van der Waals surface area contributed by atoms with Gasteiger partial charge in [0.2, 0.25) is 0 Å². The van der Waals surface area contributed by atoms with Gasteiger partial charge in [-0.05, 0) is 35.4 Å². The average molecular weight is 326 g/mol. The van der Waals surface area contributed by atoms with Crippen molar-refractivity contribution in [1.29, 1.82) is 0 Å². The number of nitrogens with zero attached hydrogens (tertiary/aromatic N) is 2. The smallest absolute Gasteiger partial charge is 0.180 e. The third-order valence-electron chi connectivity index (χ3n) is 4.48. The van der Waals surface area contributed by atoms with E-state index in [0.717, 1.165) is 43.7 Å². The largest absolute Gasteiger partial charge is 0.619 e. The van der Waals surface area contributed by atoms with Crippen molar-refractivity contribution in [2.24, 2.45) is 0 Å². The Morgan fingerprint density at radius 2 is 1.68 bits per heavy atom. The zero-order valence-corrected chi connectivity index (χ0v) is 13.2. The minimum atomic E-state index is 0.784. The maximum absolute atomic E-state index is 11.2. The molecule has 0 spiro atoms. The van der Waals surface area contributed by atoms with E-state index in [4.69, 9.17) is 0 Å². The van der Waals surface area contributed by atoms with Crippen molar-refractivity contribution < 1.29 is 4.73 Å². The summed E-state index contributed by atoms with van der Waals surface area (Å²) in [7, 11) is 0. The molecule has 0 aliphatic heterocycles. The highest BCUT2D eigenvalue weighted by Crippen LogP contribution is 2.31. The lowest BCUT2D eigenvalue weighted by molar-refractivity contribution is -0.605. The van der Waals surface area contributed by atoms with Gasteiger partial charge in [-0.25, -0.2) is 0 Å². The van der Waals surface area contributed by atoms with Crippen LogP contribution in [-0.2, 0) is 0 Å². The molecule has 3 aromatic heterocycles. The molecule has 0 aliphatic carbocycles. The molecular weight excluding hydrogens is 312 g/mol. The Morgan fingerprint density at radius 1 is 0.840 bits per heavy atom. The molecule has 120 valence electrons. The standard InChI is InChI=1S/C20H14N4O/c25-24-9-7-13(8-10-24)14-5-6-16-18(11-14)22-23-20(16)19-12-15-3-1-2-4-17(15)21-19/h1-12,21H,(H,22,23). The quantitative estimate of drug-likeness (QED) is 0.380. The molecule has 0 saturated heterocycles. The van der Waals surface area contributed by atoms with E-state index < -0.39 is 0 Å². The molecule has 0 radical (unpaired) electrons. The molecule has 0 amide bonds. The monoisotopic (exact) mass is 326 g/mol. The molecular formula is C20H14N4O. The first-order valence-corrected chi connectivity index (χ1v) is 8.03. The van der Waals surface area contributed by atoms with E-state index in [9.17, 15) is 5.21 Å². The lowest BCUT2D eigenvalue weighted by Crippen LogP contribution is -2.23. The van der Waals surface area contributed by atoms with Gasteiger partial charge in [-0.2, -0.15) is 9.83 Å². The number of H-pyrrole nitrogens is 2. The fraction of sp³-hybridized carbons (Fsp3) is 0. The third-order valence-corrected chi connectivity index (χ3v) is 4.48. The fourth-order valence-electron chi connectivity index (χ4n) is 3.21. The second kappa shape index (κ2) is 5.21. The van der Waals surface area contributed by atoms with Gasteiger partial charge in [0.25, 0.3) is 0 Å². The number of aromatic nitrogens is 4. The van der Waals surface area contributed by atoms with Crippen molar-refractivity contribution in [1.82, 2.24) is 15.2 Å². The molecule has 2 aromatic carbocycles. The van der Waals surface area contributed by atoms with Crippen LogP contribution < -0.4 is 4.73 Å². The highest BCUT2D eigenvalue weighted by atomic mass is 16.5. The van der Waals surface area contributed by atoms with E-state index in [1.165, 1.54) is 17.8 Å². The van der Waals surface area contributed by atoms with Crippen LogP contribution in [-0.4, -0.2) is 15.2 Å². The summed E-state index contributed by atoms with van der Waals surface area (Å²) >= 11 is 0. The predicted molar refractivity (Wildman–Crippen MR) is 97.8 cm³/mol. The molecule has 5 rings (SSSR count). The number of hydrogen-bond donors (Lipinski definition) is 2. The Labute approximate surface area is 143 Å². The van der Waals surface area contributed by atoms with Crippen LogP contribution in [0.4, 0.5) is 0 Å². The summed E-state index contributed by atoms with van der Waals surface area (Å²) < 4.78 is 0.784. The molecule has 5 heteroatoms. The van der Waals surface area contributed by atoms with Crippen molar-refractivity contribution in [2.75, 3.05) is 0 Å². The number of nitrogens with one attached hydrogen (secondary N) is 2. The molecule has 0 fully saturated rings. The van der Waals surface area contributed by atoms with E-state index in [-0.39, 0.29) is 0 Å². The van der Waals surface area contributed by atoms with Gasteiger partial charge in [0, 0.05) is 28.4 Å². The molecule has 2 N–H and O–H groups in total. The predicted octanol–water partition coefficient (Wildman–Crippen LogP) is 4.01. The molecule has 0 bridgehead atoms. The summed E-state index contributed by atoms with van der Waals surface area (Å²) in [6.45, 7) is 0. The van der Waals surface area contributed by atoms with E-state index in [0.29, 0.717) is 0 Å². The maximum atomic E-state index is 11.2. The Morgan fingerprint density at radius 3 is 2.52 bits per heavy atom. The van der Waals surface area contributed by atoms with Crippen LogP contribution in [0.3, 0.4) is 0 Å². The Kier molecular flexibility index (Phi) is 2.87. The summed E-state index contributed by atoms with van der Waals surface area (Å²) in [5, 5.41) is 21.0. The molecule has 0 unspecified atom stereocenters. The second-order valence-electron chi connectivity index (χ2n) is 6.05. The van der Waals surface area contributed by atoms with Crippen LogP contribution in [0.5, 0.6) is 0 Å². The maximum Gasteiger partial charge on any atom is 0.180 e. The summed E-state index contributed by atoms with van der Waals surface area (Å²) in [5.74, 6) is 0. The van der Waals surface area contributed by atoms with Crippen LogP contribution >= 0.6 is 0 Å². The number of para-hydroxylation sites is 1. The van der Waals surface area contributed by atoms with E-state index in [1.54, 1.807) is 0 Å². The SMILES string of the molecule is [O-][n+]1ccc(-c2ccc3c(-c4cc5ccccc5[nH]4)n[nH]c3c2)cc1. The van der Waals surface area contributed by atoms with E-state index in [2.05, 4.69) is 51.6 Å². The number of benzene rings is 2. The zero-order chi connectivity index (χ0) is 16.8. The van der Waals surface area contributed by atoms with E-state index in [1.807, 2.05) is 24.3 Å². The van der Waals surface area contributed by atoms with Crippen LogP contribution in [0.2, 0.25) is 0 Å². The minimum absolute atomic E-state index is 0.784. The number of pyridine rings is 1. The van der Waals surface area contributed by atoms with Crippen LogP contribution in [0, 0.1) is 5.21 Å². The molecule has 5 aromatic rings. The minimum Gasteiger partial charge on any atom is -0.619 e. The highest BCUT2D eigenvalue weighted by molar-refractivity contribution is 5.97. The molecule has 25 heavy (non-hydrogen) atoms. The lowest BCUT2D eigenvalue weighted by atomic mass is 10.0. The van der Waals surface area contributed by atoms with Crippen molar-refractivity contribution in [2.45, 2.75) is 0 Å². The first-order valence-electron chi connectivity index (χ1n) is 8.03. The van der Waals surface area contributed by atoms with Crippen molar-refractivity contribution in [3.8, 4) is 22.5 Å². The van der Waals surface area contributed by atoms with Gasteiger partial charge in [0.15, 0.2) is 12.4 Å². The fourth-order valence-corrected chi connectivity index (χ4v) is 3.21. The Bertz CT molecular complexity index is 1170. The summed E-state index contributed by atoms with van der Waals surface area (Å²) in [6, 6.07) is 20.1. The van der Waals surface area contributed by atoms with Crippen molar-refractivity contribution >= 4 is 21.8 Å². The molecule has 0 saturated carbocycles. The van der Waals surface area contributed by atoms with Crippen molar-refractivity contribution in [3.63, 3.8) is 0 Å². The summed E-state index contributed by atoms with van der Waals surface area (Å²) in [6.07, 6.45) is 3.00. The first-order chi connectivity index (χ1) is 12.3. The van der Waals surface area contributed by atoms with Crippen LogP contribution in [0.25, 0.3) is 44.3 Å². The molecule has 0 atom stereocenters. The normalized spacial score (nSPS) is 11.4. The molecule has 3 heterocycles. The van der Waals surface area contributed by atoms with Gasteiger partial charge in [-0.1, -0.05) is 24.3 Å². The van der Waals surface area contributed by atoms with Crippen molar-refractivity contribution in [3.05, 3.63) is 78.3 Å². The third kappa shape index (κ3) is 2.25. The van der Waals surface area contributed by atoms with E-state index >= 15 is 0 Å². The number of hydrogen-bond acceptors (Lipinski definition) is 2. The van der Waals surface area contributed by atoms with Gasteiger partial charge < -0.3 is 10.2 Å². The highest BCUT2D eigenvalue weighted by Gasteiger charge is 2.12. The van der Waals surface area contributed by atoms with Gasteiger partial charge >= 0.3 is 0 Å². The average Bonchev–Trinajstić information content (AvgIpc) is 3.25. The number of fused-ring (bicyclic) bond motifs is 2. The number of aromatic amines is 2. The first kappa shape index (κ1) is 13.8. The van der Waals surface area contributed by atoms with Gasteiger partial charge in [0.1, 0.15) is 5.69 Å². The van der Waals surface area contributed by atoms with Gasteiger partial charge in [-0.3, -0.25) is 5.10 Å². The topological polar surface area (TPSA) is 71.4 Å². The lowest BCUT2D eigenvalue weighted by Gasteiger charge is -2.02. The summed E-state index contributed by atoms with van der Waals surface area (Å²) in [5.41, 5.74) is 6.00. The Hall–Kier alpha value is -3.60. The second-order valence-corrected chi connectivity index (χ2v) is 6.05. The zero-order valence-electron chi connectivity index (χ0n) is 13.2. The molecule has 5 nitrogen and oxygen atoms in total. The van der Waals surface area contributed by atoms with Crippen LogP contribution in [0.15, 0.2) is 73.1 Å². The Balaban J connectivity index is 1.62. The van der Waals surface area contributed by atoms with Gasteiger partial charge in [-0.15, -0.1) is 0 Å². The summed E-state index contributed by atoms with van der Waals surface area (Å²) in [4.78, 5) is 3.42.